The first-order chi connectivity index (χ1) is 11.1. The van der Waals surface area contributed by atoms with E-state index in [9.17, 15) is 4.79 Å². The lowest BCUT2D eigenvalue weighted by Crippen LogP contribution is -2.00. The van der Waals surface area contributed by atoms with E-state index in [0.29, 0.717) is 23.9 Å². The normalized spacial score (nSPS) is 10.5. The Morgan fingerprint density at radius 2 is 1.83 bits per heavy atom. The minimum atomic E-state index is 0.0522. The highest BCUT2D eigenvalue weighted by Gasteiger charge is 2.10. The maximum atomic E-state index is 11.2. The number of carbonyl (C=O) groups excluding carboxylic acids is 1. The summed E-state index contributed by atoms with van der Waals surface area (Å²) in [4.78, 5) is 11.2. The van der Waals surface area contributed by atoms with Gasteiger partial charge in [0.05, 0.1) is 6.54 Å². The van der Waals surface area contributed by atoms with Gasteiger partial charge >= 0.3 is 0 Å². The molecule has 5 nitrogen and oxygen atoms in total. The summed E-state index contributed by atoms with van der Waals surface area (Å²) in [6, 6.07) is 15.2. The number of Topliss-reactive ketones (excluding diaryl/α,β-unsaturated/α-hetero) is 1. The lowest BCUT2D eigenvalue weighted by atomic mass is 10.1. The van der Waals surface area contributed by atoms with E-state index in [1.165, 1.54) is 0 Å². The van der Waals surface area contributed by atoms with Gasteiger partial charge in [0.15, 0.2) is 5.78 Å². The zero-order valence-electron chi connectivity index (χ0n) is 13.0. The average molecular weight is 307 g/mol. The maximum absolute atomic E-state index is 11.2. The van der Waals surface area contributed by atoms with Crippen LogP contribution in [0.3, 0.4) is 0 Å². The van der Waals surface area contributed by atoms with Crippen LogP contribution >= 0.6 is 0 Å². The van der Waals surface area contributed by atoms with E-state index < -0.39 is 0 Å². The van der Waals surface area contributed by atoms with Gasteiger partial charge in [0, 0.05) is 16.8 Å². The van der Waals surface area contributed by atoms with E-state index >= 15 is 0 Å². The molecule has 0 saturated carbocycles. The number of benzene rings is 2. The molecule has 0 spiro atoms. The molecule has 5 heteroatoms. The number of nitrogens with one attached hydrogen (secondary N) is 1. The zero-order chi connectivity index (χ0) is 16.2. The topological polar surface area (TPSA) is 68.0 Å². The molecular weight excluding hydrogens is 290 g/mol. The van der Waals surface area contributed by atoms with Crippen LogP contribution in [0.4, 0.5) is 5.69 Å². The van der Waals surface area contributed by atoms with Gasteiger partial charge in [-0.1, -0.05) is 18.2 Å². The number of hydrogen-bond donors (Lipinski definition) is 1. The Hall–Kier alpha value is -2.95. The monoisotopic (exact) mass is 307 g/mol. The van der Waals surface area contributed by atoms with Crippen molar-refractivity contribution >= 4 is 11.5 Å². The smallest absolute Gasteiger partial charge is 0.248 e. The van der Waals surface area contributed by atoms with Crippen LogP contribution in [0.5, 0.6) is 0 Å². The van der Waals surface area contributed by atoms with Crippen LogP contribution in [0.2, 0.25) is 0 Å². The van der Waals surface area contributed by atoms with Gasteiger partial charge in [-0.05, 0) is 49.7 Å². The number of aryl methyl sites for hydroxylation is 1. The Morgan fingerprint density at radius 1 is 1.09 bits per heavy atom. The predicted octanol–water partition coefficient (Wildman–Crippen LogP) is 3.86. The second-order valence-electron chi connectivity index (χ2n) is 5.30. The highest BCUT2D eigenvalue weighted by Crippen LogP contribution is 2.21. The first kappa shape index (κ1) is 15.0. The van der Waals surface area contributed by atoms with E-state index in [1.807, 2.05) is 43.3 Å². The van der Waals surface area contributed by atoms with Gasteiger partial charge in [-0.3, -0.25) is 4.79 Å². The molecule has 23 heavy (non-hydrogen) atoms. The fraction of sp³-hybridized carbons (Fsp3) is 0.167. The van der Waals surface area contributed by atoms with Crippen molar-refractivity contribution in [1.29, 1.82) is 0 Å². The van der Waals surface area contributed by atoms with Crippen molar-refractivity contribution < 1.29 is 9.21 Å². The second-order valence-corrected chi connectivity index (χ2v) is 5.30. The molecule has 1 aromatic heterocycles. The molecule has 0 aliphatic rings. The highest BCUT2D eigenvalue weighted by atomic mass is 16.4. The molecule has 0 bridgehead atoms. The first-order valence-corrected chi connectivity index (χ1v) is 7.37. The van der Waals surface area contributed by atoms with Gasteiger partial charge in [-0.2, -0.15) is 0 Å². The summed E-state index contributed by atoms with van der Waals surface area (Å²) < 4.78 is 5.70. The highest BCUT2D eigenvalue weighted by molar-refractivity contribution is 5.94. The number of nitrogens with zero attached hydrogens (tertiary/aromatic N) is 2. The molecule has 116 valence electrons. The molecule has 3 aromatic rings. The molecule has 0 aliphatic carbocycles. The Morgan fingerprint density at radius 3 is 2.52 bits per heavy atom. The third-order valence-corrected chi connectivity index (χ3v) is 3.58. The minimum Gasteiger partial charge on any atom is -0.419 e. The molecule has 0 fully saturated rings. The van der Waals surface area contributed by atoms with E-state index in [4.69, 9.17) is 4.42 Å². The Bertz CT molecular complexity index is 822. The number of ketones is 1. The van der Waals surface area contributed by atoms with Crippen molar-refractivity contribution in [2.24, 2.45) is 0 Å². The van der Waals surface area contributed by atoms with Crippen molar-refractivity contribution in [1.82, 2.24) is 10.2 Å². The van der Waals surface area contributed by atoms with Crippen LogP contribution in [-0.2, 0) is 6.54 Å². The van der Waals surface area contributed by atoms with Crippen molar-refractivity contribution in [3.05, 3.63) is 65.5 Å². The van der Waals surface area contributed by atoms with E-state index in [2.05, 4.69) is 15.5 Å². The van der Waals surface area contributed by atoms with Gasteiger partial charge in [-0.25, -0.2) is 0 Å². The molecule has 3 rings (SSSR count). The SMILES string of the molecule is CC(=O)c1ccc(NCc2nnc(-c3ccccc3C)o2)cc1. The number of anilines is 1. The van der Waals surface area contributed by atoms with E-state index in [1.54, 1.807) is 19.1 Å². The summed E-state index contributed by atoms with van der Waals surface area (Å²) in [6.07, 6.45) is 0. The molecule has 0 atom stereocenters. The maximum Gasteiger partial charge on any atom is 0.248 e. The lowest BCUT2D eigenvalue weighted by molar-refractivity contribution is 0.101. The average Bonchev–Trinajstić information content (AvgIpc) is 3.02. The Kier molecular flexibility index (Phi) is 4.19. The first-order valence-electron chi connectivity index (χ1n) is 7.37. The minimum absolute atomic E-state index is 0.0522. The number of hydrogen-bond acceptors (Lipinski definition) is 5. The quantitative estimate of drug-likeness (QED) is 0.725. The summed E-state index contributed by atoms with van der Waals surface area (Å²) in [7, 11) is 0. The van der Waals surface area contributed by atoms with Crippen LogP contribution < -0.4 is 5.32 Å². The fourth-order valence-electron chi connectivity index (χ4n) is 2.25. The summed E-state index contributed by atoms with van der Waals surface area (Å²) in [5.41, 5.74) is 3.62. The largest absolute Gasteiger partial charge is 0.419 e. The number of aromatic nitrogens is 2. The summed E-state index contributed by atoms with van der Waals surface area (Å²) in [6.45, 7) is 3.99. The summed E-state index contributed by atoms with van der Waals surface area (Å²) in [5, 5.41) is 11.4. The van der Waals surface area contributed by atoms with Crippen LogP contribution in [0.15, 0.2) is 52.9 Å². The zero-order valence-corrected chi connectivity index (χ0v) is 13.0. The summed E-state index contributed by atoms with van der Waals surface area (Å²) >= 11 is 0. The molecule has 2 aromatic carbocycles. The standard InChI is InChI=1S/C18H17N3O2/c1-12-5-3-4-6-16(12)18-21-20-17(23-18)11-19-15-9-7-14(8-10-15)13(2)22/h3-10,19H,11H2,1-2H3. The Balaban J connectivity index is 1.68. The van der Waals surface area contributed by atoms with Crippen LogP contribution in [-0.4, -0.2) is 16.0 Å². The second kappa shape index (κ2) is 6.44. The molecule has 1 N–H and O–H groups in total. The van der Waals surface area contributed by atoms with E-state index in [0.717, 1.165) is 16.8 Å². The van der Waals surface area contributed by atoms with Crippen molar-refractivity contribution in [3.8, 4) is 11.5 Å². The van der Waals surface area contributed by atoms with Gasteiger partial charge in [0.25, 0.3) is 0 Å². The number of rotatable bonds is 5. The van der Waals surface area contributed by atoms with Gasteiger partial charge in [-0.15, -0.1) is 10.2 Å². The lowest BCUT2D eigenvalue weighted by Gasteiger charge is -2.04. The van der Waals surface area contributed by atoms with Gasteiger partial charge in [0.1, 0.15) is 0 Å². The third kappa shape index (κ3) is 3.45. The molecular formula is C18H17N3O2. The van der Waals surface area contributed by atoms with E-state index in [-0.39, 0.29) is 5.78 Å². The van der Waals surface area contributed by atoms with Gasteiger partial charge < -0.3 is 9.73 Å². The van der Waals surface area contributed by atoms with Crippen LogP contribution in [0, 0.1) is 6.92 Å². The molecule has 0 aliphatic heterocycles. The Labute approximate surface area is 134 Å². The third-order valence-electron chi connectivity index (χ3n) is 3.58. The number of carbonyl (C=O) groups is 1. The van der Waals surface area contributed by atoms with Crippen LogP contribution in [0.25, 0.3) is 11.5 Å². The fourth-order valence-corrected chi connectivity index (χ4v) is 2.25. The van der Waals surface area contributed by atoms with Crippen molar-refractivity contribution in [2.75, 3.05) is 5.32 Å². The molecule has 0 radical (unpaired) electrons. The molecule has 0 unspecified atom stereocenters. The molecule has 0 saturated heterocycles. The summed E-state index contributed by atoms with van der Waals surface area (Å²) in [5.74, 6) is 1.09. The van der Waals surface area contributed by atoms with Crippen molar-refractivity contribution in [2.45, 2.75) is 20.4 Å². The van der Waals surface area contributed by atoms with Gasteiger partial charge in [0.2, 0.25) is 11.8 Å². The molecule has 1 heterocycles. The molecule has 0 amide bonds. The predicted molar refractivity (Wildman–Crippen MR) is 88.2 cm³/mol. The van der Waals surface area contributed by atoms with Crippen LogP contribution in [0.1, 0.15) is 28.7 Å². The van der Waals surface area contributed by atoms with Crippen molar-refractivity contribution in [3.63, 3.8) is 0 Å².